The largest absolute Gasteiger partial charge is 0.352 e. The van der Waals surface area contributed by atoms with Crippen molar-refractivity contribution < 1.29 is 4.79 Å². The maximum absolute atomic E-state index is 11.8. The van der Waals surface area contributed by atoms with E-state index in [1.54, 1.807) is 6.21 Å². The number of carbonyl (C=O) groups excluding carboxylic acids is 1. The first-order valence-corrected chi connectivity index (χ1v) is 6.77. The molecule has 2 rings (SSSR count). The summed E-state index contributed by atoms with van der Waals surface area (Å²) < 4.78 is 2.08. The SMILES string of the molecule is Cc1ccccc1NC(=O)NN=Cc1cc(C)n(C)c1C. The zero-order valence-corrected chi connectivity index (χ0v) is 12.8. The molecule has 1 aromatic heterocycles. The summed E-state index contributed by atoms with van der Waals surface area (Å²) in [6.45, 7) is 5.99. The number of rotatable bonds is 3. The number of benzene rings is 1. The van der Waals surface area contributed by atoms with Gasteiger partial charge in [0.25, 0.3) is 0 Å². The Morgan fingerprint density at radius 2 is 1.95 bits per heavy atom. The lowest BCUT2D eigenvalue weighted by atomic mass is 10.2. The monoisotopic (exact) mass is 284 g/mol. The summed E-state index contributed by atoms with van der Waals surface area (Å²) >= 11 is 0. The van der Waals surface area contributed by atoms with E-state index < -0.39 is 0 Å². The van der Waals surface area contributed by atoms with Crippen LogP contribution in [0.5, 0.6) is 0 Å². The van der Waals surface area contributed by atoms with Crippen LogP contribution in [-0.4, -0.2) is 16.8 Å². The van der Waals surface area contributed by atoms with Gasteiger partial charge >= 0.3 is 6.03 Å². The Hall–Kier alpha value is -2.56. The summed E-state index contributed by atoms with van der Waals surface area (Å²) in [5, 5.41) is 6.74. The number of hydrazone groups is 1. The van der Waals surface area contributed by atoms with Crippen LogP contribution in [-0.2, 0) is 7.05 Å². The van der Waals surface area contributed by atoms with E-state index in [4.69, 9.17) is 0 Å². The summed E-state index contributed by atoms with van der Waals surface area (Å²) in [6.07, 6.45) is 1.65. The molecule has 0 aliphatic heterocycles. The van der Waals surface area contributed by atoms with E-state index in [1.807, 2.05) is 58.2 Å². The fourth-order valence-corrected chi connectivity index (χ4v) is 2.04. The van der Waals surface area contributed by atoms with Crippen LogP contribution in [0.25, 0.3) is 0 Å². The van der Waals surface area contributed by atoms with Crippen molar-refractivity contribution in [1.82, 2.24) is 9.99 Å². The summed E-state index contributed by atoms with van der Waals surface area (Å²) in [4.78, 5) is 11.8. The van der Waals surface area contributed by atoms with Gasteiger partial charge in [0.2, 0.25) is 0 Å². The summed E-state index contributed by atoms with van der Waals surface area (Å²) in [5.41, 5.74) is 7.51. The number of nitrogens with one attached hydrogen (secondary N) is 2. The first-order valence-electron chi connectivity index (χ1n) is 6.77. The van der Waals surface area contributed by atoms with Crippen LogP contribution in [0.4, 0.5) is 10.5 Å². The molecule has 0 bridgehead atoms. The van der Waals surface area contributed by atoms with Crippen molar-refractivity contribution in [3.05, 3.63) is 52.8 Å². The molecule has 0 radical (unpaired) electrons. The minimum atomic E-state index is -0.356. The number of aryl methyl sites for hydroxylation is 2. The van der Waals surface area contributed by atoms with Gasteiger partial charge in [0.05, 0.1) is 6.21 Å². The third-order valence-electron chi connectivity index (χ3n) is 3.58. The fraction of sp³-hybridized carbons (Fsp3) is 0.250. The number of anilines is 1. The van der Waals surface area contributed by atoms with E-state index in [0.717, 1.165) is 28.2 Å². The van der Waals surface area contributed by atoms with Crippen LogP contribution < -0.4 is 10.7 Å². The number of carbonyl (C=O) groups is 1. The second-order valence-corrected chi connectivity index (χ2v) is 5.02. The van der Waals surface area contributed by atoms with Gasteiger partial charge in [-0.15, -0.1) is 0 Å². The highest BCUT2D eigenvalue weighted by molar-refractivity contribution is 5.91. The van der Waals surface area contributed by atoms with E-state index in [0.29, 0.717) is 0 Å². The lowest BCUT2D eigenvalue weighted by molar-refractivity contribution is 0.252. The Balaban J connectivity index is 1.96. The molecule has 1 heterocycles. The molecule has 5 nitrogen and oxygen atoms in total. The van der Waals surface area contributed by atoms with Gasteiger partial charge in [0.1, 0.15) is 0 Å². The normalized spacial score (nSPS) is 10.9. The molecule has 2 amide bonds. The van der Waals surface area contributed by atoms with Crippen molar-refractivity contribution in [1.29, 1.82) is 0 Å². The first-order chi connectivity index (χ1) is 9.99. The molecule has 2 N–H and O–H groups in total. The van der Waals surface area contributed by atoms with Gasteiger partial charge in [-0.1, -0.05) is 18.2 Å². The van der Waals surface area contributed by atoms with Gasteiger partial charge in [-0.3, -0.25) is 0 Å². The Bertz CT molecular complexity index is 686. The van der Waals surface area contributed by atoms with E-state index in [9.17, 15) is 4.79 Å². The van der Waals surface area contributed by atoms with Gasteiger partial charge < -0.3 is 9.88 Å². The van der Waals surface area contributed by atoms with Crippen molar-refractivity contribution in [3.63, 3.8) is 0 Å². The number of hydrogen-bond acceptors (Lipinski definition) is 2. The second kappa shape index (κ2) is 6.26. The van der Waals surface area contributed by atoms with Crippen molar-refractivity contribution in [2.75, 3.05) is 5.32 Å². The van der Waals surface area contributed by atoms with E-state index in [1.165, 1.54) is 0 Å². The number of nitrogens with zero attached hydrogens (tertiary/aromatic N) is 2. The van der Waals surface area contributed by atoms with Crippen molar-refractivity contribution in [2.24, 2.45) is 12.1 Å². The van der Waals surface area contributed by atoms with E-state index >= 15 is 0 Å². The predicted octanol–water partition coefficient (Wildman–Crippen LogP) is 3.11. The zero-order chi connectivity index (χ0) is 15.4. The number of aromatic nitrogens is 1. The molecule has 0 aliphatic carbocycles. The van der Waals surface area contributed by atoms with Gasteiger partial charge in [0.15, 0.2) is 0 Å². The number of urea groups is 1. The van der Waals surface area contributed by atoms with Gasteiger partial charge in [0, 0.05) is 29.7 Å². The maximum Gasteiger partial charge on any atom is 0.339 e. The summed E-state index contributed by atoms with van der Waals surface area (Å²) in [5.74, 6) is 0. The van der Waals surface area contributed by atoms with Crippen LogP contribution in [0.2, 0.25) is 0 Å². The van der Waals surface area contributed by atoms with Gasteiger partial charge in [-0.05, 0) is 38.5 Å². The average molecular weight is 284 g/mol. The fourth-order valence-electron chi connectivity index (χ4n) is 2.04. The Labute approximate surface area is 124 Å². The van der Waals surface area contributed by atoms with Crippen molar-refractivity contribution >= 4 is 17.9 Å². The smallest absolute Gasteiger partial charge is 0.339 e. The average Bonchev–Trinajstić information content (AvgIpc) is 2.69. The Morgan fingerprint density at radius 1 is 1.24 bits per heavy atom. The molecule has 0 spiro atoms. The molecule has 0 saturated heterocycles. The lowest BCUT2D eigenvalue weighted by Crippen LogP contribution is -2.24. The first kappa shape index (κ1) is 14.8. The molecule has 1 aromatic carbocycles. The lowest BCUT2D eigenvalue weighted by Gasteiger charge is -2.06. The molecular weight excluding hydrogens is 264 g/mol. The Kier molecular flexibility index (Phi) is 4.42. The standard InChI is InChI=1S/C16H20N4O/c1-11-7-5-6-8-15(11)18-16(21)19-17-10-14-9-12(2)20(4)13(14)3/h5-10H,1-4H3,(H2,18,19,21). The minimum Gasteiger partial charge on any atom is -0.352 e. The number of hydrogen-bond donors (Lipinski definition) is 2. The highest BCUT2D eigenvalue weighted by Crippen LogP contribution is 2.13. The molecule has 5 heteroatoms. The molecular formula is C16H20N4O. The van der Waals surface area contributed by atoms with E-state index in [-0.39, 0.29) is 6.03 Å². The summed E-state index contributed by atoms with van der Waals surface area (Å²) in [6, 6.07) is 9.27. The third-order valence-corrected chi connectivity index (χ3v) is 3.58. The van der Waals surface area contributed by atoms with Gasteiger partial charge in [-0.25, -0.2) is 10.2 Å². The number of para-hydroxylation sites is 1. The van der Waals surface area contributed by atoms with Crippen molar-refractivity contribution in [2.45, 2.75) is 20.8 Å². The maximum atomic E-state index is 11.8. The highest BCUT2D eigenvalue weighted by atomic mass is 16.2. The van der Waals surface area contributed by atoms with Crippen LogP contribution >= 0.6 is 0 Å². The summed E-state index contributed by atoms with van der Waals surface area (Å²) in [7, 11) is 2.00. The zero-order valence-electron chi connectivity index (χ0n) is 12.8. The predicted molar refractivity (Wildman–Crippen MR) is 85.8 cm³/mol. The van der Waals surface area contributed by atoms with Crippen LogP contribution in [0.3, 0.4) is 0 Å². The quantitative estimate of drug-likeness (QED) is 0.660. The highest BCUT2D eigenvalue weighted by Gasteiger charge is 2.04. The second-order valence-electron chi connectivity index (χ2n) is 5.02. The molecule has 0 saturated carbocycles. The molecule has 21 heavy (non-hydrogen) atoms. The number of amides is 2. The van der Waals surface area contributed by atoms with Gasteiger partial charge in [-0.2, -0.15) is 5.10 Å². The van der Waals surface area contributed by atoms with Crippen molar-refractivity contribution in [3.8, 4) is 0 Å². The van der Waals surface area contributed by atoms with Crippen LogP contribution in [0, 0.1) is 20.8 Å². The van der Waals surface area contributed by atoms with E-state index in [2.05, 4.69) is 20.4 Å². The van der Waals surface area contributed by atoms with Crippen LogP contribution in [0.15, 0.2) is 35.4 Å². The molecule has 0 unspecified atom stereocenters. The topological polar surface area (TPSA) is 58.4 Å². The molecule has 2 aromatic rings. The Morgan fingerprint density at radius 3 is 2.57 bits per heavy atom. The molecule has 0 aliphatic rings. The third kappa shape index (κ3) is 3.51. The van der Waals surface area contributed by atoms with Crippen LogP contribution in [0.1, 0.15) is 22.5 Å². The molecule has 0 atom stereocenters. The molecule has 0 fully saturated rings. The minimum absolute atomic E-state index is 0.356. The molecule has 110 valence electrons.